The van der Waals surface area contributed by atoms with Gasteiger partial charge in [-0.15, -0.1) is 0 Å². The minimum absolute atomic E-state index is 0.622. The molecule has 0 radical (unpaired) electrons. The van der Waals surface area contributed by atoms with Crippen molar-refractivity contribution in [2.45, 2.75) is 45.2 Å². The van der Waals surface area contributed by atoms with Gasteiger partial charge in [0.1, 0.15) is 0 Å². The Bertz CT molecular complexity index is 593. The first-order chi connectivity index (χ1) is 9.78. The predicted octanol–water partition coefficient (Wildman–Crippen LogP) is 4.56. The Morgan fingerprint density at radius 1 is 1.35 bits per heavy atom. The third-order valence-electron chi connectivity index (χ3n) is 4.19. The number of pyridine rings is 1. The quantitative estimate of drug-likeness (QED) is 0.843. The smallest absolute Gasteiger partial charge is 0.0761 e. The van der Waals surface area contributed by atoms with E-state index in [0.29, 0.717) is 6.04 Å². The maximum absolute atomic E-state index is 6.24. The van der Waals surface area contributed by atoms with E-state index in [1.54, 1.807) is 0 Å². The van der Waals surface area contributed by atoms with Gasteiger partial charge in [0, 0.05) is 29.2 Å². The van der Waals surface area contributed by atoms with Crippen LogP contribution < -0.4 is 5.32 Å². The molecule has 3 rings (SSSR count). The van der Waals surface area contributed by atoms with Gasteiger partial charge in [0.05, 0.1) is 5.52 Å². The Balaban J connectivity index is 1.75. The topological polar surface area (TPSA) is 24.9 Å². The molecule has 0 bridgehead atoms. The number of halogens is 1. The lowest BCUT2D eigenvalue weighted by Gasteiger charge is -2.17. The molecule has 1 aromatic heterocycles. The molecule has 0 amide bonds. The first-order valence-electron chi connectivity index (χ1n) is 7.53. The van der Waals surface area contributed by atoms with Crippen molar-refractivity contribution in [3.05, 3.63) is 41.0 Å². The molecule has 1 fully saturated rings. The number of hydrogen-bond donors (Lipinski definition) is 1. The summed E-state index contributed by atoms with van der Waals surface area (Å²) in [5.41, 5.74) is 2.26. The summed E-state index contributed by atoms with van der Waals surface area (Å²) in [6.07, 6.45) is 7.18. The van der Waals surface area contributed by atoms with Crippen LogP contribution in [0.4, 0.5) is 0 Å². The zero-order chi connectivity index (χ0) is 13.9. The van der Waals surface area contributed by atoms with Gasteiger partial charge in [-0.3, -0.25) is 4.98 Å². The molecular weight excluding hydrogens is 268 g/mol. The van der Waals surface area contributed by atoms with E-state index in [9.17, 15) is 0 Å². The van der Waals surface area contributed by atoms with Gasteiger partial charge in [-0.25, -0.2) is 0 Å². The lowest BCUT2D eigenvalue weighted by atomic mass is 10.1. The van der Waals surface area contributed by atoms with Gasteiger partial charge in [-0.1, -0.05) is 37.4 Å². The third-order valence-corrected chi connectivity index (χ3v) is 4.52. The van der Waals surface area contributed by atoms with E-state index >= 15 is 0 Å². The summed E-state index contributed by atoms with van der Waals surface area (Å²) in [7, 11) is 0. The van der Waals surface area contributed by atoms with Crippen LogP contribution in [0.3, 0.4) is 0 Å². The van der Waals surface area contributed by atoms with Crippen molar-refractivity contribution in [1.82, 2.24) is 10.3 Å². The molecule has 0 aliphatic heterocycles. The number of nitrogens with one attached hydrogen (secondary N) is 1. The van der Waals surface area contributed by atoms with Crippen LogP contribution in [0.1, 0.15) is 38.2 Å². The van der Waals surface area contributed by atoms with Crippen molar-refractivity contribution < 1.29 is 0 Å². The fourth-order valence-electron chi connectivity index (χ4n) is 2.74. The number of fused-ring (bicyclic) bond motifs is 1. The van der Waals surface area contributed by atoms with E-state index in [-0.39, 0.29) is 0 Å². The lowest BCUT2D eigenvalue weighted by Crippen LogP contribution is -2.28. The molecule has 0 spiro atoms. The SMILES string of the molecule is CCC(CC1CC1)NCc1ccc(Cl)c2cccnc12. The summed E-state index contributed by atoms with van der Waals surface area (Å²) in [4.78, 5) is 4.49. The Hall–Kier alpha value is -1.12. The molecular formula is C17H21ClN2. The molecule has 1 aromatic carbocycles. The van der Waals surface area contributed by atoms with Gasteiger partial charge in [-0.05, 0) is 42.5 Å². The third kappa shape index (κ3) is 3.13. The number of aromatic nitrogens is 1. The normalized spacial score (nSPS) is 16.5. The van der Waals surface area contributed by atoms with Crippen LogP contribution in [0, 0.1) is 5.92 Å². The van der Waals surface area contributed by atoms with E-state index in [4.69, 9.17) is 11.6 Å². The average molecular weight is 289 g/mol. The molecule has 1 unspecified atom stereocenters. The second-order valence-electron chi connectivity index (χ2n) is 5.77. The Morgan fingerprint density at radius 3 is 2.95 bits per heavy atom. The van der Waals surface area contributed by atoms with Gasteiger partial charge in [-0.2, -0.15) is 0 Å². The second-order valence-corrected chi connectivity index (χ2v) is 6.18. The molecule has 1 atom stereocenters. The molecule has 1 aliphatic carbocycles. The Kier molecular flexibility index (Phi) is 4.23. The van der Waals surface area contributed by atoms with Crippen LogP contribution in [0.5, 0.6) is 0 Å². The van der Waals surface area contributed by atoms with Crippen molar-refractivity contribution in [2.24, 2.45) is 5.92 Å². The fourth-order valence-corrected chi connectivity index (χ4v) is 2.96. The zero-order valence-corrected chi connectivity index (χ0v) is 12.7. The van der Waals surface area contributed by atoms with Crippen LogP contribution in [0.15, 0.2) is 30.5 Å². The minimum Gasteiger partial charge on any atom is -0.310 e. The fraction of sp³-hybridized carbons (Fsp3) is 0.471. The summed E-state index contributed by atoms with van der Waals surface area (Å²) in [6.45, 7) is 3.13. The lowest BCUT2D eigenvalue weighted by molar-refractivity contribution is 0.445. The maximum atomic E-state index is 6.24. The number of benzene rings is 1. The molecule has 2 aromatic rings. The zero-order valence-electron chi connectivity index (χ0n) is 11.9. The van der Waals surface area contributed by atoms with Crippen LogP contribution in [0.2, 0.25) is 5.02 Å². The average Bonchev–Trinajstić information content (AvgIpc) is 3.29. The molecule has 1 aliphatic rings. The number of rotatable bonds is 6. The van der Waals surface area contributed by atoms with E-state index in [1.807, 2.05) is 24.4 Å². The summed E-state index contributed by atoms with van der Waals surface area (Å²) in [5, 5.41) is 5.51. The van der Waals surface area contributed by atoms with Gasteiger partial charge in [0.25, 0.3) is 0 Å². The Morgan fingerprint density at radius 2 is 2.20 bits per heavy atom. The first kappa shape index (κ1) is 13.8. The highest BCUT2D eigenvalue weighted by Crippen LogP contribution is 2.34. The van der Waals surface area contributed by atoms with Crippen molar-refractivity contribution in [2.75, 3.05) is 0 Å². The first-order valence-corrected chi connectivity index (χ1v) is 7.91. The van der Waals surface area contributed by atoms with E-state index in [1.165, 1.54) is 31.2 Å². The Labute approximate surface area is 125 Å². The van der Waals surface area contributed by atoms with Crippen LogP contribution in [-0.2, 0) is 6.54 Å². The summed E-state index contributed by atoms with van der Waals surface area (Å²) in [5.74, 6) is 0.965. The van der Waals surface area contributed by atoms with Crippen molar-refractivity contribution in [3.63, 3.8) is 0 Å². The summed E-state index contributed by atoms with van der Waals surface area (Å²) in [6, 6.07) is 8.67. The van der Waals surface area contributed by atoms with Crippen molar-refractivity contribution in [1.29, 1.82) is 0 Å². The molecule has 1 N–H and O–H groups in total. The highest BCUT2D eigenvalue weighted by molar-refractivity contribution is 6.35. The summed E-state index contributed by atoms with van der Waals surface area (Å²) >= 11 is 6.24. The monoisotopic (exact) mass is 288 g/mol. The summed E-state index contributed by atoms with van der Waals surface area (Å²) < 4.78 is 0. The standard InChI is InChI=1S/C17H21ClN2/c1-2-14(10-12-5-6-12)20-11-13-7-8-16(18)15-4-3-9-19-17(13)15/h3-4,7-9,12,14,20H,2,5-6,10-11H2,1H3. The predicted molar refractivity (Wildman–Crippen MR) is 85.0 cm³/mol. The minimum atomic E-state index is 0.622. The van der Waals surface area contributed by atoms with E-state index in [0.717, 1.165) is 28.4 Å². The molecule has 3 heteroatoms. The van der Waals surface area contributed by atoms with Gasteiger partial charge < -0.3 is 5.32 Å². The largest absolute Gasteiger partial charge is 0.310 e. The maximum Gasteiger partial charge on any atom is 0.0761 e. The number of nitrogens with zero attached hydrogens (tertiary/aromatic N) is 1. The second kappa shape index (κ2) is 6.11. The van der Waals surface area contributed by atoms with Crippen molar-refractivity contribution in [3.8, 4) is 0 Å². The van der Waals surface area contributed by atoms with E-state index < -0.39 is 0 Å². The van der Waals surface area contributed by atoms with Gasteiger partial charge in [0.2, 0.25) is 0 Å². The highest BCUT2D eigenvalue weighted by atomic mass is 35.5. The van der Waals surface area contributed by atoms with Crippen LogP contribution in [0.25, 0.3) is 10.9 Å². The molecule has 20 heavy (non-hydrogen) atoms. The molecule has 1 saturated carbocycles. The number of hydrogen-bond acceptors (Lipinski definition) is 2. The molecule has 2 nitrogen and oxygen atoms in total. The van der Waals surface area contributed by atoms with Crippen LogP contribution in [-0.4, -0.2) is 11.0 Å². The van der Waals surface area contributed by atoms with E-state index in [2.05, 4.69) is 23.3 Å². The van der Waals surface area contributed by atoms with Crippen molar-refractivity contribution >= 4 is 22.5 Å². The molecule has 1 heterocycles. The van der Waals surface area contributed by atoms with Gasteiger partial charge >= 0.3 is 0 Å². The molecule has 106 valence electrons. The van der Waals surface area contributed by atoms with Crippen LogP contribution >= 0.6 is 11.6 Å². The van der Waals surface area contributed by atoms with Gasteiger partial charge in [0.15, 0.2) is 0 Å². The molecule has 0 saturated heterocycles. The highest BCUT2D eigenvalue weighted by Gasteiger charge is 2.24.